The predicted octanol–water partition coefficient (Wildman–Crippen LogP) is 2.67. The quantitative estimate of drug-likeness (QED) is 0.454. The lowest BCUT2D eigenvalue weighted by Gasteiger charge is -2.09. The van der Waals surface area contributed by atoms with Crippen LogP contribution in [-0.4, -0.2) is 36.9 Å². The maximum Gasteiger partial charge on any atom is 0.240 e. The van der Waals surface area contributed by atoms with E-state index in [1.165, 1.54) is 19.4 Å². The van der Waals surface area contributed by atoms with Crippen molar-refractivity contribution in [1.82, 2.24) is 5.43 Å². The van der Waals surface area contributed by atoms with Crippen molar-refractivity contribution in [3.63, 3.8) is 0 Å². The number of hydrazone groups is 1. The SMILES string of the molecule is CCOc1cc(/C=N/NC(=O)CCC(=O)Nc2ccccc2OC)ccc1O. The Labute approximate surface area is 163 Å². The fourth-order valence-corrected chi connectivity index (χ4v) is 2.30. The van der Waals surface area contributed by atoms with Crippen molar-refractivity contribution in [2.24, 2.45) is 5.10 Å². The third-order valence-electron chi connectivity index (χ3n) is 3.65. The minimum atomic E-state index is -0.393. The summed E-state index contributed by atoms with van der Waals surface area (Å²) in [5.74, 6) is 0.221. The molecule has 0 saturated heterocycles. The van der Waals surface area contributed by atoms with Crippen molar-refractivity contribution < 1.29 is 24.2 Å². The molecule has 2 aromatic carbocycles. The van der Waals surface area contributed by atoms with E-state index in [0.717, 1.165) is 0 Å². The van der Waals surface area contributed by atoms with Gasteiger partial charge in [0.25, 0.3) is 0 Å². The largest absolute Gasteiger partial charge is 0.504 e. The Hall–Kier alpha value is -3.55. The highest BCUT2D eigenvalue weighted by atomic mass is 16.5. The first-order valence-electron chi connectivity index (χ1n) is 8.74. The van der Waals surface area contributed by atoms with Gasteiger partial charge in [0.1, 0.15) is 5.75 Å². The molecule has 148 valence electrons. The first kappa shape index (κ1) is 20.8. The van der Waals surface area contributed by atoms with Crippen molar-refractivity contribution in [2.45, 2.75) is 19.8 Å². The first-order chi connectivity index (χ1) is 13.5. The molecule has 0 aliphatic rings. The maximum atomic E-state index is 12.0. The Morgan fingerprint density at radius 1 is 1.11 bits per heavy atom. The van der Waals surface area contributed by atoms with Crippen LogP contribution in [0, 0.1) is 0 Å². The van der Waals surface area contributed by atoms with E-state index < -0.39 is 5.91 Å². The number of methoxy groups -OCH3 is 1. The van der Waals surface area contributed by atoms with E-state index in [1.54, 1.807) is 36.4 Å². The summed E-state index contributed by atoms with van der Waals surface area (Å²) in [6.07, 6.45) is 1.42. The number of carbonyl (C=O) groups is 2. The molecule has 2 amide bonds. The van der Waals surface area contributed by atoms with Gasteiger partial charge in [0.2, 0.25) is 11.8 Å². The van der Waals surface area contributed by atoms with E-state index in [-0.39, 0.29) is 24.5 Å². The summed E-state index contributed by atoms with van der Waals surface area (Å²) in [5.41, 5.74) is 3.56. The Kier molecular flexibility index (Phi) is 7.83. The van der Waals surface area contributed by atoms with Gasteiger partial charge in [-0.3, -0.25) is 9.59 Å². The van der Waals surface area contributed by atoms with Gasteiger partial charge < -0.3 is 19.9 Å². The molecule has 8 heteroatoms. The molecule has 28 heavy (non-hydrogen) atoms. The molecule has 0 aliphatic carbocycles. The number of phenols is 1. The van der Waals surface area contributed by atoms with Crippen LogP contribution in [0.5, 0.6) is 17.2 Å². The minimum absolute atomic E-state index is 0.00704. The number of nitrogens with zero attached hydrogens (tertiary/aromatic N) is 1. The average Bonchev–Trinajstić information content (AvgIpc) is 2.69. The van der Waals surface area contributed by atoms with Crippen LogP contribution in [-0.2, 0) is 9.59 Å². The normalized spacial score (nSPS) is 10.5. The minimum Gasteiger partial charge on any atom is -0.504 e. The van der Waals surface area contributed by atoms with E-state index in [4.69, 9.17) is 9.47 Å². The molecule has 2 rings (SSSR count). The molecule has 0 fully saturated rings. The first-order valence-corrected chi connectivity index (χ1v) is 8.74. The van der Waals surface area contributed by atoms with Crippen molar-refractivity contribution in [1.29, 1.82) is 0 Å². The second-order valence-electron chi connectivity index (χ2n) is 5.70. The number of hydrogen-bond acceptors (Lipinski definition) is 6. The number of ether oxygens (including phenoxy) is 2. The van der Waals surface area contributed by atoms with Gasteiger partial charge in [-0.25, -0.2) is 5.43 Å². The number of rotatable bonds is 9. The maximum absolute atomic E-state index is 12.0. The summed E-state index contributed by atoms with van der Waals surface area (Å²) in [4.78, 5) is 23.8. The van der Waals surface area contributed by atoms with Crippen molar-refractivity contribution in [3.8, 4) is 17.2 Å². The molecule has 0 bridgehead atoms. The van der Waals surface area contributed by atoms with Gasteiger partial charge in [-0.2, -0.15) is 5.10 Å². The number of anilines is 1. The molecule has 0 saturated carbocycles. The predicted molar refractivity (Wildman–Crippen MR) is 106 cm³/mol. The summed E-state index contributed by atoms with van der Waals surface area (Å²) < 4.78 is 10.4. The van der Waals surface area contributed by atoms with Crippen LogP contribution in [0.25, 0.3) is 0 Å². The van der Waals surface area contributed by atoms with Crippen LogP contribution in [0.2, 0.25) is 0 Å². The number of hydrogen-bond donors (Lipinski definition) is 3. The number of carbonyl (C=O) groups excluding carboxylic acids is 2. The molecule has 0 aromatic heterocycles. The smallest absolute Gasteiger partial charge is 0.240 e. The summed E-state index contributed by atoms with van der Waals surface area (Å²) in [6, 6.07) is 11.7. The molecule has 0 heterocycles. The van der Waals surface area contributed by atoms with Crippen molar-refractivity contribution in [2.75, 3.05) is 19.0 Å². The highest BCUT2D eigenvalue weighted by molar-refractivity contribution is 5.94. The van der Waals surface area contributed by atoms with Crippen molar-refractivity contribution >= 4 is 23.7 Å². The van der Waals surface area contributed by atoms with Gasteiger partial charge in [-0.15, -0.1) is 0 Å². The van der Waals surface area contributed by atoms with E-state index >= 15 is 0 Å². The zero-order chi connectivity index (χ0) is 20.4. The lowest BCUT2D eigenvalue weighted by atomic mass is 10.2. The summed E-state index contributed by atoms with van der Waals surface area (Å²) in [7, 11) is 1.52. The zero-order valence-electron chi connectivity index (χ0n) is 15.8. The standard InChI is InChI=1S/C20H23N3O5/c1-3-28-18-12-14(8-9-16(18)24)13-21-23-20(26)11-10-19(25)22-15-6-4-5-7-17(15)27-2/h4-9,12-13,24H,3,10-11H2,1-2H3,(H,22,25)(H,23,26)/b21-13+. The van der Waals surface area contributed by atoms with Crippen molar-refractivity contribution in [3.05, 3.63) is 48.0 Å². The highest BCUT2D eigenvalue weighted by Crippen LogP contribution is 2.26. The number of amides is 2. The number of phenolic OH excluding ortho intramolecular Hbond substituents is 1. The lowest BCUT2D eigenvalue weighted by Crippen LogP contribution is -2.20. The summed E-state index contributed by atoms with van der Waals surface area (Å²) >= 11 is 0. The number of benzene rings is 2. The molecule has 0 aliphatic heterocycles. The van der Waals surface area contributed by atoms with Crippen LogP contribution < -0.4 is 20.2 Å². The van der Waals surface area contributed by atoms with E-state index in [1.807, 2.05) is 6.92 Å². The lowest BCUT2D eigenvalue weighted by molar-refractivity contribution is -0.124. The Morgan fingerprint density at radius 3 is 2.61 bits per heavy atom. The van der Waals surface area contributed by atoms with Gasteiger partial charge in [0.05, 0.1) is 25.6 Å². The van der Waals surface area contributed by atoms with Gasteiger partial charge >= 0.3 is 0 Å². The number of aromatic hydroxyl groups is 1. The number of nitrogens with one attached hydrogen (secondary N) is 2. The summed E-state index contributed by atoms with van der Waals surface area (Å²) in [5, 5.41) is 16.2. The Balaban J connectivity index is 1.80. The molecular formula is C20H23N3O5. The molecule has 8 nitrogen and oxygen atoms in total. The molecular weight excluding hydrogens is 362 g/mol. The molecule has 0 spiro atoms. The molecule has 0 unspecified atom stereocenters. The topological polar surface area (TPSA) is 109 Å². The van der Waals surface area contributed by atoms with Crippen LogP contribution >= 0.6 is 0 Å². The molecule has 3 N–H and O–H groups in total. The average molecular weight is 385 g/mol. The molecule has 2 aromatic rings. The summed E-state index contributed by atoms with van der Waals surface area (Å²) in [6.45, 7) is 2.23. The number of para-hydroxylation sites is 2. The molecule has 0 atom stereocenters. The van der Waals surface area contributed by atoms with Gasteiger partial charge in [-0.1, -0.05) is 12.1 Å². The van der Waals surface area contributed by atoms with E-state index in [0.29, 0.717) is 29.4 Å². The van der Waals surface area contributed by atoms with Crippen LogP contribution in [0.15, 0.2) is 47.6 Å². The monoisotopic (exact) mass is 385 g/mol. The third-order valence-corrected chi connectivity index (χ3v) is 3.65. The van der Waals surface area contributed by atoms with E-state index in [2.05, 4.69) is 15.8 Å². The fraction of sp³-hybridized carbons (Fsp3) is 0.250. The second-order valence-corrected chi connectivity index (χ2v) is 5.70. The van der Waals surface area contributed by atoms with Gasteiger partial charge in [-0.05, 0) is 42.8 Å². The van der Waals surface area contributed by atoms with Gasteiger partial charge in [0, 0.05) is 12.8 Å². The Bertz CT molecular complexity index is 851. The third kappa shape index (κ3) is 6.31. The van der Waals surface area contributed by atoms with E-state index in [9.17, 15) is 14.7 Å². The fourth-order valence-electron chi connectivity index (χ4n) is 2.30. The molecule has 0 radical (unpaired) electrons. The Morgan fingerprint density at radius 2 is 1.86 bits per heavy atom. The van der Waals surface area contributed by atoms with Crippen LogP contribution in [0.3, 0.4) is 0 Å². The highest BCUT2D eigenvalue weighted by Gasteiger charge is 2.09. The van der Waals surface area contributed by atoms with Crippen LogP contribution in [0.1, 0.15) is 25.3 Å². The second kappa shape index (κ2) is 10.6. The van der Waals surface area contributed by atoms with Crippen LogP contribution in [0.4, 0.5) is 5.69 Å². The van der Waals surface area contributed by atoms with Gasteiger partial charge in [0.15, 0.2) is 11.5 Å². The zero-order valence-corrected chi connectivity index (χ0v) is 15.8.